The monoisotopic (exact) mass is 381 g/mol. The van der Waals surface area contributed by atoms with Crippen molar-refractivity contribution in [2.75, 3.05) is 13.1 Å². The van der Waals surface area contributed by atoms with E-state index in [-0.39, 0.29) is 22.3 Å². The number of likely N-dealkylation sites (tertiary alicyclic amines) is 1. The molecule has 1 aromatic heterocycles. The predicted octanol–water partition coefficient (Wildman–Crippen LogP) is 1.06. The van der Waals surface area contributed by atoms with Gasteiger partial charge in [-0.1, -0.05) is 13.8 Å². The molecule has 3 rings (SSSR count). The van der Waals surface area contributed by atoms with E-state index < -0.39 is 21.8 Å². The molecule has 0 unspecified atom stereocenters. The fourth-order valence-electron chi connectivity index (χ4n) is 3.12. The zero-order valence-corrected chi connectivity index (χ0v) is 15.9. The Labute approximate surface area is 151 Å². The van der Waals surface area contributed by atoms with Crippen molar-refractivity contribution in [1.82, 2.24) is 14.2 Å². The summed E-state index contributed by atoms with van der Waals surface area (Å²) in [6.07, 6.45) is 1.88. The molecule has 1 saturated heterocycles. The fourth-order valence-corrected chi connectivity index (χ4v) is 4.48. The molecule has 0 aliphatic carbocycles. The Hall–Kier alpha value is -2.13. The van der Waals surface area contributed by atoms with Crippen molar-refractivity contribution in [2.45, 2.75) is 37.6 Å². The lowest BCUT2D eigenvalue weighted by Crippen LogP contribution is -2.50. The minimum atomic E-state index is -3.94. The number of nitrogens with one attached hydrogen (secondary N) is 1. The van der Waals surface area contributed by atoms with E-state index in [0.717, 1.165) is 12.8 Å². The number of hydrogen-bond donors (Lipinski definition) is 1. The quantitative estimate of drug-likeness (QED) is 0.834. The molecular formula is C17H23N3O5S. The molecule has 1 amide bonds. The lowest BCUT2D eigenvalue weighted by molar-refractivity contribution is -0.132. The van der Waals surface area contributed by atoms with Gasteiger partial charge in [-0.25, -0.2) is 13.2 Å². The Balaban J connectivity index is 1.90. The number of amides is 1. The van der Waals surface area contributed by atoms with Gasteiger partial charge in [0.25, 0.3) is 0 Å². The van der Waals surface area contributed by atoms with Crippen LogP contribution in [0, 0.1) is 5.92 Å². The third kappa shape index (κ3) is 3.41. The first-order valence-corrected chi connectivity index (χ1v) is 10.1. The zero-order chi connectivity index (χ0) is 19.1. The van der Waals surface area contributed by atoms with Gasteiger partial charge in [0.1, 0.15) is 6.04 Å². The Morgan fingerprint density at radius 2 is 1.88 bits per heavy atom. The summed E-state index contributed by atoms with van der Waals surface area (Å²) in [4.78, 5) is 25.9. The zero-order valence-electron chi connectivity index (χ0n) is 15.1. The van der Waals surface area contributed by atoms with Crippen LogP contribution in [0.2, 0.25) is 0 Å². The molecule has 1 aliphatic heterocycles. The van der Waals surface area contributed by atoms with Crippen LogP contribution >= 0.6 is 0 Å². The van der Waals surface area contributed by atoms with E-state index in [2.05, 4.69) is 4.72 Å². The molecule has 0 bridgehead atoms. The first-order valence-electron chi connectivity index (χ1n) is 8.61. The predicted molar refractivity (Wildman–Crippen MR) is 96.2 cm³/mol. The topological polar surface area (TPSA) is 102 Å². The van der Waals surface area contributed by atoms with Crippen LogP contribution in [0.4, 0.5) is 0 Å². The molecule has 1 aromatic carbocycles. The van der Waals surface area contributed by atoms with E-state index in [1.807, 2.05) is 0 Å². The van der Waals surface area contributed by atoms with Crippen molar-refractivity contribution in [2.24, 2.45) is 13.0 Å². The average molecular weight is 381 g/mol. The largest absolute Gasteiger partial charge is 0.419 e. The van der Waals surface area contributed by atoms with E-state index >= 15 is 0 Å². The second-order valence-electron chi connectivity index (χ2n) is 6.93. The number of carbonyl (C=O) groups is 1. The van der Waals surface area contributed by atoms with Crippen molar-refractivity contribution in [1.29, 1.82) is 0 Å². The Kier molecular flexibility index (Phi) is 4.94. The first kappa shape index (κ1) is 18.7. The number of hydrogen-bond acceptors (Lipinski definition) is 5. The fraction of sp³-hybridized carbons (Fsp3) is 0.529. The molecular weight excluding hydrogens is 358 g/mol. The van der Waals surface area contributed by atoms with Crippen LogP contribution in [0.1, 0.15) is 26.7 Å². The van der Waals surface area contributed by atoms with Crippen molar-refractivity contribution in [3.8, 4) is 0 Å². The summed E-state index contributed by atoms with van der Waals surface area (Å²) in [5.41, 5.74) is 0.690. The average Bonchev–Trinajstić information content (AvgIpc) is 3.21. The number of nitrogens with zero attached hydrogens (tertiary/aromatic N) is 2. The molecule has 2 aromatic rings. The third-order valence-electron chi connectivity index (χ3n) is 4.71. The van der Waals surface area contributed by atoms with Crippen LogP contribution in [0.3, 0.4) is 0 Å². The van der Waals surface area contributed by atoms with Gasteiger partial charge >= 0.3 is 5.76 Å². The van der Waals surface area contributed by atoms with Crippen molar-refractivity contribution >= 4 is 27.0 Å². The van der Waals surface area contributed by atoms with Crippen LogP contribution in [-0.4, -0.2) is 42.9 Å². The number of benzene rings is 1. The molecule has 0 saturated carbocycles. The summed E-state index contributed by atoms with van der Waals surface area (Å²) in [6.45, 7) is 4.93. The van der Waals surface area contributed by atoms with Crippen molar-refractivity contribution < 1.29 is 17.6 Å². The highest BCUT2D eigenvalue weighted by Crippen LogP contribution is 2.20. The van der Waals surface area contributed by atoms with Crippen LogP contribution < -0.4 is 10.5 Å². The van der Waals surface area contributed by atoms with Gasteiger partial charge in [-0.15, -0.1) is 0 Å². The second kappa shape index (κ2) is 6.88. The Morgan fingerprint density at radius 3 is 2.50 bits per heavy atom. The maximum atomic E-state index is 12.8. The number of rotatable bonds is 5. The lowest BCUT2D eigenvalue weighted by atomic mass is 10.0. The summed E-state index contributed by atoms with van der Waals surface area (Å²) in [6, 6.07) is 3.38. The maximum Gasteiger partial charge on any atom is 0.419 e. The molecule has 142 valence electrons. The number of sulfonamides is 1. The van der Waals surface area contributed by atoms with E-state index in [9.17, 15) is 18.0 Å². The van der Waals surface area contributed by atoms with Gasteiger partial charge in [0.05, 0.1) is 10.4 Å². The second-order valence-corrected chi connectivity index (χ2v) is 8.65. The standard InChI is InChI=1S/C17H23N3O5S/c1-11(2)15(16(21)20-8-4-5-9-20)18-26(23,24)12-6-7-13-14(10-12)25-17(22)19(13)3/h6-7,10-11,15,18H,4-5,8-9H2,1-3H3/t15-/m0/s1. The van der Waals surface area contributed by atoms with Crippen LogP contribution in [-0.2, 0) is 21.9 Å². The molecule has 0 radical (unpaired) electrons. The summed E-state index contributed by atoms with van der Waals surface area (Å²) in [5, 5.41) is 0. The molecule has 2 heterocycles. The van der Waals surface area contributed by atoms with E-state index in [1.165, 1.54) is 22.8 Å². The van der Waals surface area contributed by atoms with Crippen LogP contribution in [0.5, 0.6) is 0 Å². The van der Waals surface area contributed by atoms with Crippen molar-refractivity contribution in [3.05, 3.63) is 28.7 Å². The minimum absolute atomic E-state index is 0.0424. The maximum absolute atomic E-state index is 12.8. The van der Waals surface area contributed by atoms with Gasteiger partial charge in [-0.05, 0) is 30.9 Å². The highest BCUT2D eigenvalue weighted by atomic mass is 32.2. The van der Waals surface area contributed by atoms with E-state index in [1.54, 1.807) is 25.8 Å². The summed E-state index contributed by atoms with van der Waals surface area (Å²) < 4.78 is 34.5. The molecule has 1 N–H and O–H groups in total. The van der Waals surface area contributed by atoms with Gasteiger partial charge in [-0.2, -0.15) is 4.72 Å². The van der Waals surface area contributed by atoms with Gasteiger partial charge in [0.15, 0.2) is 5.58 Å². The summed E-state index contributed by atoms with van der Waals surface area (Å²) >= 11 is 0. The molecule has 9 heteroatoms. The molecule has 8 nitrogen and oxygen atoms in total. The number of carbonyl (C=O) groups excluding carboxylic acids is 1. The minimum Gasteiger partial charge on any atom is -0.408 e. The summed E-state index contributed by atoms with van der Waals surface area (Å²) in [5.74, 6) is -0.962. The van der Waals surface area contributed by atoms with Crippen LogP contribution in [0.15, 0.2) is 32.3 Å². The van der Waals surface area contributed by atoms with Crippen molar-refractivity contribution in [3.63, 3.8) is 0 Å². The number of aromatic nitrogens is 1. The number of fused-ring (bicyclic) bond motifs is 1. The molecule has 1 aliphatic rings. The summed E-state index contributed by atoms with van der Waals surface area (Å²) in [7, 11) is -2.40. The SMILES string of the molecule is CC(C)[C@H](NS(=O)(=O)c1ccc2c(c1)oc(=O)n2C)C(=O)N1CCCC1. The lowest BCUT2D eigenvalue weighted by Gasteiger charge is -2.26. The highest BCUT2D eigenvalue weighted by Gasteiger charge is 2.32. The van der Waals surface area contributed by atoms with Gasteiger partial charge in [-0.3, -0.25) is 9.36 Å². The third-order valence-corrected chi connectivity index (χ3v) is 6.15. The molecule has 0 spiro atoms. The van der Waals surface area contributed by atoms with Gasteiger partial charge in [0, 0.05) is 26.2 Å². The highest BCUT2D eigenvalue weighted by molar-refractivity contribution is 7.89. The molecule has 26 heavy (non-hydrogen) atoms. The molecule has 1 fully saturated rings. The van der Waals surface area contributed by atoms with Crippen LogP contribution in [0.25, 0.3) is 11.1 Å². The molecule has 1 atom stereocenters. The number of aryl methyl sites for hydroxylation is 1. The van der Waals surface area contributed by atoms with Gasteiger partial charge < -0.3 is 9.32 Å². The van der Waals surface area contributed by atoms with Gasteiger partial charge in [0.2, 0.25) is 15.9 Å². The smallest absolute Gasteiger partial charge is 0.408 e. The Bertz CT molecular complexity index is 983. The first-order chi connectivity index (χ1) is 12.2. The normalized spacial score (nSPS) is 16.5. The van der Waals surface area contributed by atoms with E-state index in [4.69, 9.17) is 4.42 Å². The Morgan fingerprint density at radius 1 is 1.23 bits per heavy atom. The number of oxazole rings is 1. The van der Waals surface area contributed by atoms with E-state index in [0.29, 0.717) is 18.6 Å².